The molecule has 0 aromatic heterocycles. The van der Waals surface area contributed by atoms with Crippen molar-refractivity contribution in [3.05, 3.63) is 137 Å². The Kier molecular flexibility index (Phi) is 9.07. The Bertz CT molecular complexity index is 1400. The van der Waals surface area contributed by atoms with E-state index < -0.39 is 16.4 Å². The minimum absolute atomic E-state index is 0.0274. The number of rotatable bonds is 9. The molecule has 0 spiro atoms. The highest BCUT2D eigenvalue weighted by Crippen LogP contribution is 2.31. The van der Waals surface area contributed by atoms with E-state index in [1.165, 1.54) is 18.3 Å². The van der Waals surface area contributed by atoms with Gasteiger partial charge in [0, 0.05) is 12.1 Å². The second kappa shape index (κ2) is 12.5. The summed E-state index contributed by atoms with van der Waals surface area (Å²) >= 11 is 4.31. The molecule has 0 heterocycles. The van der Waals surface area contributed by atoms with Crippen LogP contribution < -0.4 is 10.2 Å². The van der Waals surface area contributed by atoms with Crippen LogP contribution in [0.2, 0.25) is 0 Å². The van der Waals surface area contributed by atoms with Gasteiger partial charge in [0.1, 0.15) is 12.4 Å². The summed E-state index contributed by atoms with van der Waals surface area (Å²) in [4.78, 5) is 23.6. The minimum atomic E-state index is -1.92. The number of carbonyl (C=O) groups is 1. The van der Waals surface area contributed by atoms with Crippen LogP contribution in [0.3, 0.4) is 0 Å². The van der Waals surface area contributed by atoms with E-state index in [0.717, 1.165) is 18.3 Å². The van der Waals surface area contributed by atoms with Crippen LogP contribution in [0.4, 0.5) is 5.69 Å². The van der Waals surface area contributed by atoms with Crippen LogP contribution in [0.5, 0.6) is 5.75 Å². The number of benzene rings is 4. The molecule has 38 heavy (non-hydrogen) atoms. The number of ether oxygens (including phenoxy) is 1. The van der Waals surface area contributed by atoms with Crippen molar-refractivity contribution in [1.82, 2.24) is 5.43 Å². The summed E-state index contributed by atoms with van der Waals surface area (Å²) < 4.78 is 7.62. The van der Waals surface area contributed by atoms with Crippen molar-refractivity contribution in [3.8, 4) is 5.75 Å². The van der Waals surface area contributed by atoms with Crippen molar-refractivity contribution < 1.29 is 19.6 Å². The van der Waals surface area contributed by atoms with Gasteiger partial charge in [-0.3, -0.25) is 14.9 Å². The third-order valence-electron chi connectivity index (χ3n) is 5.64. The van der Waals surface area contributed by atoms with Crippen molar-refractivity contribution in [1.29, 1.82) is 0 Å². The number of hydrogen-bond donors (Lipinski definition) is 2. The monoisotopic (exact) mass is 733 g/mol. The maximum Gasteiger partial charge on any atom is 0.281 e. The minimum Gasteiger partial charge on any atom is -0.487 e. The normalized spacial score (nSPS) is 11.3. The zero-order chi connectivity index (χ0) is 27.1. The van der Waals surface area contributed by atoms with Gasteiger partial charge in [-0.1, -0.05) is 60.7 Å². The van der Waals surface area contributed by atoms with Gasteiger partial charge >= 0.3 is 0 Å². The molecule has 4 rings (SSSR count). The molecule has 10 heteroatoms. The number of hydrazone groups is 1. The highest BCUT2D eigenvalue weighted by molar-refractivity contribution is 14.1. The molecule has 1 amide bonds. The number of amides is 1. The molecule has 0 aliphatic heterocycles. The van der Waals surface area contributed by atoms with E-state index >= 15 is 0 Å². The fraction of sp³-hybridized carbons (Fsp3) is 0.0714. The first kappa shape index (κ1) is 27.7. The molecule has 4 aromatic carbocycles. The number of halogens is 2. The van der Waals surface area contributed by atoms with Crippen LogP contribution in [0.25, 0.3) is 0 Å². The third-order valence-corrected chi connectivity index (χ3v) is 7.24. The van der Waals surface area contributed by atoms with Crippen LogP contribution in [0, 0.1) is 17.3 Å². The second-order valence-electron chi connectivity index (χ2n) is 8.17. The first-order chi connectivity index (χ1) is 18.3. The number of aliphatic hydroxyl groups is 1. The van der Waals surface area contributed by atoms with Gasteiger partial charge in [0.2, 0.25) is 0 Å². The molecular weight excluding hydrogens is 712 g/mol. The van der Waals surface area contributed by atoms with E-state index in [-0.39, 0.29) is 12.3 Å². The first-order valence-electron chi connectivity index (χ1n) is 11.3. The van der Waals surface area contributed by atoms with Crippen molar-refractivity contribution in [2.75, 3.05) is 0 Å². The lowest BCUT2D eigenvalue weighted by molar-refractivity contribution is -0.384. The molecule has 0 saturated carbocycles. The molecule has 0 bridgehead atoms. The predicted molar refractivity (Wildman–Crippen MR) is 161 cm³/mol. The van der Waals surface area contributed by atoms with Crippen molar-refractivity contribution >= 4 is 63.0 Å². The fourth-order valence-electron chi connectivity index (χ4n) is 3.70. The molecule has 0 unspecified atom stereocenters. The largest absolute Gasteiger partial charge is 0.487 e. The highest BCUT2D eigenvalue weighted by Gasteiger charge is 2.39. The Morgan fingerprint density at radius 3 is 1.97 bits per heavy atom. The summed E-state index contributed by atoms with van der Waals surface area (Å²) in [7, 11) is 0. The van der Waals surface area contributed by atoms with Gasteiger partial charge in [0.25, 0.3) is 11.6 Å². The Balaban J connectivity index is 1.47. The third kappa shape index (κ3) is 6.37. The number of carbonyl (C=O) groups excluding carboxylic acids is 1. The standard InChI is InChI=1S/C28H21I2N3O5/c29-24-15-20(16-25(30)26(24)38-18-19-11-13-23(14-12-19)33(36)37)17-31-32-27(34)28(35,21-7-3-1-4-8-21)22-9-5-2-6-10-22/h1-17,35H,18H2,(H,32,34)/b31-17+. The van der Waals surface area contributed by atoms with Gasteiger partial charge in [0.05, 0.1) is 18.3 Å². The molecule has 0 atom stereocenters. The average Bonchev–Trinajstić information content (AvgIpc) is 2.93. The Labute approximate surface area is 246 Å². The van der Waals surface area contributed by atoms with Gasteiger partial charge in [-0.2, -0.15) is 5.10 Å². The zero-order valence-electron chi connectivity index (χ0n) is 19.8. The summed E-state index contributed by atoms with van der Waals surface area (Å²) in [6.07, 6.45) is 1.50. The van der Waals surface area contributed by atoms with Crippen LogP contribution >= 0.6 is 45.2 Å². The van der Waals surface area contributed by atoms with Gasteiger partial charge < -0.3 is 9.84 Å². The van der Waals surface area contributed by atoms with Crippen molar-refractivity contribution in [2.24, 2.45) is 5.10 Å². The van der Waals surface area contributed by atoms with E-state index in [4.69, 9.17) is 4.74 Å². The Morgan fingerprint density at radius 2 is 1.47 bits per heavy atom. The number of nitrogens with one attached hydrogen (secondary N) is 1. The van der Waals surface area contributed by atoms with Gasteiger partial charge in [-0.05, 0) is 91.7 Å². The lowest BCUT2D eigenvalue weighted by Gasteiger charge is -2.27. The maximum absolute atomic E-state index is 13.2. The molecular formula is C28H21I2N3O5. The number of nitrogens with zero attached hydrogens (tertiary/aromatic N) is 2. The van der Waals surface area contributed by atoms with Crippen LogP contribution in [-0.2, 0) is 17.0 Å². The Hall–Kier alpha value is -3.36. The average molecular weight is 733 g/mol. The SMILES string of the molecule is O=C(N/N=C/c1cc(I)c(OCc2ccc([N+](=O)[O-])cc2)c(I)c1)C(O)(c1ccccc1)c1ccccc1. The highest BCUT2D eigenvalue weighted by atomic mass is 127. The van der Waals surface area contributed by atoms with Gasteiger partial charge in [-0.25, -0.2) is 5.43 Å². The molecule has 192 valence electrons. The fourth-order valence-corrected chi connectivity index (χ4v) is 5.82. The molecule has 0 fully saturated rings. The van der Waals surface area contributed by atoms with Gasteiger partial charge in [0.15, 0.2) is 5.60 Å². The Morgan fingerprint density at radius 1 is 0.947 bits per heavy atom. The molecule has 4 aromatic rings. The molecule has 2 N–H and O–H groups in total. The summed E-state index contributed by atoms with van der Waals surface area (Å²) in [5.41, 5.74) is 2.98. The molecule has 0 radical (unpaired) electrons. The lowest BCUT2D eigenvalue weighted by Crippen LogP contribution is -2.43. The molecule has 0 saturated heterocycles. The molecule has 8 nitrogen and oxygen atoms in total. The summed E-state index contributed by atoms with van der Waals surface area (Å²) in [5.74, 6) is -0.00753. The van der Waals surface area contributed by atoms with E-state index in [2.05, 4.69) is 55.7 Å². The molecule has 0 aliphatic rings. The zero-order valence-corrected chi connectivity index (χ0v) is 24.1. The van der Waals surface area contributed by atoms with E-state index in [1.807, 2.05) is 24.3 Å². The van der Waals surface area contributed by atoms with Crippen LogP contribution in [-0.4, -0.2) is 22.2 Å². The van der Waals surface area contributed by atoms with E-state index in [9.17, 15) is 20.0 Å². The lowest BCUT2D eigenvalue weighted by atomic mass is 9.85. The van der Waals surface area contributed by atoms with E-state index in [1.54, 1.807) is 60.7 Å². The topological polar surface area (TPSA) is 114 Å². The van der Waals surface area contributed by atoms with E-state index in [0.29, 0.717) is 16.9 Å². The van der Waals surface area contributed by atoms with Crippen LogP contribution in [0.1, 0.15) is 22.3 Å². The second-order valence-corrected chi connectivity index (χ2v) is 10.5. The molecule has 0 aliphatic carbocycles. The predicted octanol–water partition coefficient (Wildman–Crippen LogP) is 5.77. The number of hydrogen-bond acceptors (Lipinski definition) is 6. The summed E-state index contributed by atoms with van der Waals surface area (Å²) in [6, 6.07) is 27.3. The van der Waals surface area contributed by atoms with Crippen molar-refractivity contribution in [3.63, 3.8) is 0 Å². The summed E-state index contributed by atoms with van der Waals surface area (Å²) in [6.45, 7) is 0.255. The smallest absolute Gasteiger partial charge is 0.281 e. The quantitative estimate of drug-likeness (QED) is 0.0983. The number of nitro benzene ring substituents is 1. The maximum atomic E-state index is 13.2. The summed E-state index contributed by atoms with van der Waals surface area (Å²) in [5, 5.41) is 26.4. The number of nitro groups is 1. The van der Waals surface area contributed by atoms with Crippen LogP contribution in [0.15, 0.2) is 102 Å². The first-order valence-corrected chi connectivity index (χ1v) is 13.5. The van der Waals surface area contributed by atoms with Gasteiger partial charge in [-0.15, -0.1) is 0 Å². The van der Waals surface area contributed by atoms with Crippen molar-refractivity contribution in [2.45, 2.75) is 12.2 Å². The number of non-ortho nitro benzene ring substituents is 1.